The molecule has 0 bridgehead atoms. The molecule has 0 aromatic carbocycles. The van der Waals surface area contributed by atoms with E-state index in [4.69, 9.17) is 0 Å². The molecule has 1 N–H and O–H groups in total. The molecule has 2 fully saturated rings. The number of carbonyl (C=O) groups excluding carboxylic acids is 1. The summed E-state index contributed by atoms with van der Waals surface area (Å²) in [5.74, 6) is -0.539. The topological polar surface area (TPSA) is 37.3 Å². The summed E-state index contributed by atoms with van der Waals surface area (Å²) in [5, 5.41) is 10.6. The number of rotatable bonds is 4. The van der Waals surface area contributed by atoms with Crippen LogP contribution in [0.1, 0.15) is 85.0 Å². The predicted molar refractivity (Wildman–Crippen MR) is 92.3 cm³/mol. The number of aliphatic hydroxyl groups is 1. The summed E-state index contributed by atoms with van der Waals surface area (Å²) < 4.78 is 39.4. The molecule has 0 spiro atoms. The molecule has 0 amide bonds. The molecule has 2 aliphatic carbocycles. The Morgan fingerprint density at radius 1 is 1.04 bits per heavy atom. The lowest BCUT2D eigenvalue weighted by molar-refractivity contribution is -0.169. The monoisotopic (exact) mass is 360 g/mol. The number of carbonyl (C=O) groups is 1. The third-order valence-corrected chi connectivity index (χ3v) is 6.28. The number of hydrogen-bond donors (Lipinski definition) is 1. The molecule has 2 aliphatic rings. The van der Waals surface area contributed by atoms with Crippen LogP contribution in [0.4, 0.5) is 13.2 Å². The van der Waals surface area contributed by atoms with Crippen molar-refractivity contribution in [2.75, 3.05) is 0 Å². The lowest BCUT2D eigenvalue weighted by atomic mass is 9.66. The van der Waals surface area contributed by atoms with Gasteiger partial charge in [-0.15, -0.1) is 0 Å². The van der Waals surface area contributed by atoms with Crippen LogP contribution in [0.3, 0.4) is 0 Å². The fraction of sp³-hybridized carbons (Fsp3) is 0.850. The fourth-order valence-corrected chi connectivity index (χ4v) is 4.59. The second kappa shape index (κ2) is 7.32. The van der Waals surface area contributed by atoms with Crippen molar-refractivity contribution in [3.63, 3.8) is 0 Å². The van der Waals surface area contributed by atoms with Crippen molar-refractivity contribution in [1.29, 1.82) is 0 Å². The van der Waals surface area contributed by atoms with Crippen molar-refractivity contribution in [1.82, 2.24) is 0 Å². The zero-order valence-corrected chi connectivity index (χ0v) is 15.6. The maximum Gasteiger partial charge on any atom is 0.390 e. The number of alkyl halides is 3. The minimum Gasteiger partial charge on any atom is -0.512 e. The lowest BCUT2D eigenvalue weighted by Crippen LogP contribution is -2.39. The van der Waals surface area contributed by atoms with E-state index in [0.29, 0.717) is 12.8 Å². The van der Waals surface area contributed by atoms with Gasteiger partial charge in [-0.1, -0.05) is 33.1 Å². The third-order valence-electron chi connectivity index (χ3n) is 6.28. The molecule has 0 atom stereocenters. The molecule has 0 aromatic rings. The summed E-state index contributed by atoms with van der Waals surface area (Å²) in [7, 11) is 0. The van der Waals surface area contributed by atoms with E-state index in [1.165, 1.54) is 6.92 Å². The van der Waals surface area contributed by atoms with Gasteiger partial charge >= 0.3 is 6.18 Å². The second-order valence-electron chi connectivity index (χ2n) is 8.91. The molecular formula is C20H31F3O2. The number of ketones is 1. The normalized spacial score (nSPS) is 25.4. The van der Waals surface area contributed by atoms with E-state index in [2.05, 4.69) is 13.8 Å². The summed E-state index contributed by atoms with van der Waals surface area (Å²) in [6.07, 6.45) is 0.764. The first-order valence-electron chi connectivity index (χ1n) is 9.47. The van der Waals surface area contributed by atoms with Crippen LogP contribution in [0.25, 0.3) is 0 Å². The van der Waals surface area contributed by atoms with Crippen LogP contribution in [0, 0.1) is 16.7 Å². The van der Waals surface area contributed by atoms with Gasteiger partial charge in [-0.3, -0.25) is 4.79 Å². The van der Waals surface area contributed by atoms with Crippen molar-refractivity contribution in [2.45, 2.75) is 91.2 Å². The largest absolute Gasteiger partial charge is 0.512 e. The third kappa shape index (κ3) is 5.01. The Morgan fingerprint density at radius 3 is 2.04 bits per heavy atom. The van der Waals surface area contributed by atoms with Gasteiger partial charge in [0.25, 0.3) is 0 Å². The number of allylic oxidation sites excluding steroid dienone is 2. The highest BCUT2D eigenvalue weighted by atomic mass is 19.4. The minimum absolute atomic E-state index is 0.0348. The molecule has 0 aliphatic heterocycles. The van der Waals surface area contributed by atoms with E-state index < -0.39 is 23.8 Å². The minimum atomic E-state index is -4.36. The van der Waals surface area contributed by atoms with Crippen molar-refractivity contribution in [2.24, 2.45) is 16.7 Å². The van der Waals surface area contributed by atoms with Crippen molar-refractivity contribution in [3.8, 4) is 0 Å². The van der Waals surface area contributed by atoms with Crippen LogP contribution >= 0.6 is 0 Å². The molecule has 0 radical (unpaired) electrons. The summed E-state index contributed by atoms with van der Waals surface area (Å²) in [6.45, 7) is 5.88. The molecule has 0 heterocycles. The zero-order chi connectivity index (χ0) is 18.9. The van der Waals surface area contributed by atoms with Gasteiger partial charge in [0.2, 0.25) is 0 Å². The Labute approximate surface area is 148 Å². The molecule has 2 nitrogen and oxygen atoms in total. The van der Waals surface area contributed by atoms with E-state index >= 15 is 0 Å². The first-order chi connectivity index (χ1) is 11.5. The maximum atomic E-state index is 13.1. The smallest absolute Gasteiger partial charge is 0.390 e. The Kier molecular flexibility index (Phi) is 5.95. The highest BCUT2D eigenvalue weighted by Crippen LogP contribution is 2.48. The Morgan fingerprint density at radius 2 is 1.56 bits per heavy atom. The number of halogens is 3. The summed E-state index contributed by atoms with van der Waals surface area (Å²) in [5.41, 5.74) is -0.978. The summed E-state index contributed by atoms with van der Waals surface area (Å²) in [6, 6.07) is 0. The number of Topliss-reactive ketones (excluding diaryl/α,β-unsaturated/α-hetero) is 1. The van der Waals surface area contributed by atoms with Gasteiger partial charge in [0, 0.05) is 16.9 Å². The predicted octanol–water partition coefficient (Wildman–Crippen LogP) is 6.51. The SMILES string of the molecule is C/C(C(=O)C1(CC(F)(F)F)CCCCC1)=C(/O)C1CCC(C)(C)CC1. The molecule has 0 saturated heterocycles. The number of aliphatic hydroxyl groups excluding tert-OH is 1. The highest BCUT2D eigenvalue weighted by molar-refractivity contribution is 6.00. The van der Waals surface area contributed by atoms with Crippen molar-refractivity contribution >= 4 is 5.78 Å². The van der Waals surface area contributed by atoms with Crippen LogP contribution in [0.2, 0.25) is 0 Å². The molecule has 5 heteroatoms. The number of hydrogen-bond acceptors (Lipinski definition) is 2. The Bertz CT molecular complexity index is 516. The van der Waals surface area contributed by atoms with Gasteiger partial charge in [0.1, 0.15) is 5.76 Å². The van der Waals surface area contributed by atoms with Gasteiger partial charge < -0.3 is 5.11 Å². The van der Waals surface area contributed by atoms with Gasteiger partial charge in [-0.05, 0) is 50.9 Å². The van der Waals surface area contributed by atoms with Gasteiger partial charge in [0.05, 0.1) is 6.42 Å². The van der Waals surface area contributed by atoms with E-state index in [1.54, 1.807) is 0 Å². The van der Waals surface area contributed by atoms with Crippen LogP contribution in [-0.4, -0.2) is 17.1 Å². The molecule has 144 valence electrons. The summed E-state index contributed by atoms with van der Waals surface area (Å²) in [4.78, 5) is 13.0. The van der Waals surface area contributed by atoms with Crippen LogP contribution in [0.15, 0.2) is 11.3 Å². The standard InChI is InChI=1S/C20H31F3O2/c1-14(16(24)15-7-11-18(2,3)12-8-15)17(25)19(13-20(21,22)23)9-5-4-6-10-19/h15,24H,4-13H2,1-3H3/b16-14-. The van der Waals surface area contributed by atoms with Gasteiger partial charge in [-0.2, -0.15) is 13.2 Å². The molecule has 25 heavy (non-hydrogen) atoms. The lowest BCUT2D eigenvalue weighted by Gasteiger charge is -2.38. The van der Waals surface area contributed by atoms with Crippen LogP contribution < -0.4 is 0 Å². The van der Waals surface area contributed by atoms with Crippen molar-refractivity contribution in [3.05, 3.63) is 11.3 Å². The average molecular weight is 360 g/mol. The Hall–Kier alpha value is -1.00. The first-order valence-corrected chi connectivity index (χ1v) is 9.47. The van der Waals surface area contributed by atoms with Gasteiger partial charge in [-0.25, -0.2) is 0 Å². The summed E-state index contributed by atoms with van der Waals surface area (Å²) >= 11 is 0. The molecule has 0 aromatic heterocycles. The first kappa shape index (κ1) is 20.3. The highest BCUT2D eigenvalue weighted by Gasteiger charge is 2.48. The Balaban J connectivity index is 2.22. The van der Waals surface area contributed by atoms with Crippen molar-refractivity contribution < 1.29 is 23.1 Å². The van der Waals surface area contributed by atoms with E-state index in [9.17, 15) is 23.1 Å². The van der Waals surface area contributed by atoms with E-state index in [0.717, 1.165) is 32.1 Å². The molecule has 2 rings (SSSR count). The van der Waals surface area contributed by atoms with Crippen LogP contribution in [0.5, 0.6) is 0 Å². The zero-order valence-electron chi connectivity index (χ0n) is 15.6. The average Bonchev–Trinajstić information content (AvgIpc) is 2.52. The van der Waals surface area contributed by atoms with Gasteiger partial charge in [0.15, 0.2) is 5.78 Å². The molecule has 0 unspecified atom stereocenters. The van der Waals surface area contributed by atoms with E-state index in [1.807, 2.05) is 0 Å². The van der Waals surface area contributed by atoms with E-state index in [-0.39, 0.29) is 35.5 Å². The second-order valence-corrected chi connectivity index (χ2v) is 8.91. The maximum absolute atomic E-state index is 13.1. The molecule has 2 saturated carbocycles. The molecular weight excluding hydrogens is 329 g/mol. The van der Waals surface area contributed by atoms with Crippen LogP contribution in [-0.2, 0) is 4.79 Å². The quantitative estimate of drug-likeness (QED) is 0.458. The fourth-order valence-electron chi connectivity index (χ4n) is 4.59.